The number of piperidine rings is 1. The number of nitriles is 1. The molecule has 2 heterocycles. The van der Waals surface area contributed by atoms with Crippen LogP contribution in [0.15, 0.2) is 12.1 Å². The third kappa shape index (κ3) is 4.34. The van der Waals surface area contributed by atoms with Crippen LogP contribution < -0.4 is 10.2 Å². The van der Waals surface area contributed by atoms with E-state index in [0.717, 1.165) is 12.8 Å². The minimum Gasteiger partial charge on any atom is -0.383 e. The van der Waals surface area contributed by atoms with Gasteiger partial charge in [-0.1, -0.05) is 11.6 Å². The number of anilines is 1. The number of carbonyl (C=O) groups is 1. The van der Waals surface area contributed by atoms with Gasteiger partial charge in [0.2, 0.25) is 5.91 Å². The standard InChI is InChI=1S/C16H21ClN4O2/c1-11-3-4-12(16(22)19-7-8-23-2)10-21(11)15-6-5-13(17)14(9-18)20-15/h5-6,11-12H,3-4,7-8,10H2,1-2H3,(H,19,22). The summed E-state index contributed by atoms with van der Waals surface area (Å²) in [6.45, 7) is 3.70. The summed E-state index contributed by atoms with van der Waals surface area (Å²) < 4.78 is 4.95. The Balaban J connectivity index is 2.09. The number of methoxy groups -OCH3 is 1. The maximum Gasteiger partial charge on any atom is 0.224 e. The molecule has 0 saturated carbocycles. The van der Waals surface area contributed by atoms with E-state index < -0.39 is 0 Å². The second-order valence-corrected chi connectivity index (χ2v) is 6.08. The summed E-state index contributed by atoms with van der Waals surface area (Å²) >= 11 is 5.94. The first-order valence-electron chi connectivity index (χ1n) is 7.66. The van der Waals surface area contributed by atoms with Gasteiger partial charge in [0.25, 0.3) is 0 Å². The van der Waals surface area contributed by atoms with Crippen molar-refractivity contribution in [2.75, 3.05) is 31.7 Å². The Kier molecular flexibility index (Phi) is 6.20. The minimum atomic E-state index is -0.0916. The fourth-order valence-electron chi connectivity index (χ4n) is 2.73. The maximum absolute atomic E-state index is 12.2. The van der Waals surface area contributed by atoms with Gasteiger partial charge in [0, 0.05) is 26.2 Å². The molecule has 1 aliphatic rings. The molecule has 1 fully saturated rings. The lowest BCUT2D eigenvalue weighted by Gasteiger charge is -2.38. The molecule has 0 aromatic carbocycles. The molecule has 2 unspecified atom stereocenters. The number of hydrogen-bond acceptors (Lipinski definition) is 5. The summed E-state index contributed by atoms with van der Waals surface area (Å²) in [5, 5.41) is 12.3. The molecule has 0 radical (unpaired) electrons. The van der Waals surface area contributed by atoms with Crippen molar-refractivity contribution in [2.45, 2.75) is 25.8 Å². The van der Waals surface area contributed by atoms with Crippen LogP contribution in [0.2, 0.25) is 5.02 Å². The SMILES string of the molecule is COCCNC(=O)C1CCC(C)N(c2ccc(Cl)c(C#N)n2)C1. The molecule has 1 saturated heterocycles. The third-order valence-electron chi connectivity index (χ3n) is 4.09. The summed E-state index contributed by atoms with van der Waals surface area (Å²) in [5.41, 5.74) is 0.211. The molecule has 1 amide bonds. The molecule has 0 spiro atoms. The first kappa shape index (κ1) is 17.5. The van der Waals surface area contributed by atoms with E-state index in [1.54, 1.807) is 19.2 Å². The lowest BCUT2D eigenvalue weighted by Crippen LogP contribution is -2.47. The molecule has 1 aromatic rings. The Morgan fingerprint density at radius 3 is 3.04 bits per heavy atom. The van der Waals surface area contributed by atoms with Crippen LogP contribution in [-0.2, 0) is 9.53 Å². The molecule has 2 rings (SSSR count). The van der Waals surface area contributed by atoms with Crippen molar-refractivity contribution in [1.29, 1.82) is 5.26 Å². The van der Waals surface area contributed by atoms with Crippen molar-refractivity contribution in [3.05, 3.63) is 22.8 Å². The second kappa shape index (κ2) is 8.14. The number of pyridine rings is 1. The lowest BCUT2D eigenvalue weighted by atomic mass is 9.92. The molecular formula is C16H21ClN4O2. The van der Waals surface area contributed by atoms with Crippen LogP contribution in [0.25, 0.3) is 0 Å². The van der Waals surface area contributed by atoms with Gasteiger partial charge in [-0.2, -0.15) is 5.26 Å². The molecule has 6 nitrogen and oxygen atoms in total. The van der Waals surface area contributed by atoms with Crippen LogP contribution in [0.1, 0.15) is 25.5 Å². The lowest BCUT2D eigenvalue weighted by molar-refractivity contribution is -0.125. The fourth-order valence-corrected chi connectivity index (χ4v) is 2.88. The Morgan fingerprint density at radius 1 is 1.57 bits per heavy atom. The topological polar surface area (TPSA) is 78.2 Å². The quantitative estimate of drug-likeness (QED) is 0.832. The van der Waals surface area contributed by atoms with Gasteiger partial charge in [0.15, 0.2) is 5.69 Å². The molecule has 124 valence electrons. The highest BCUT2D eigenvalue weighted by atomic mass is 35.5. The number of nitrogens with zero attached hydrogens (tertiary/aromatic N) is 3. The predicted molar refractivity (Wildman–Crippen MR) is 88.4 cm³/mol. The van der Waals surface area contributed by atoms with Gasteiger partial charge in [-0.05, 0) is 31.9 Å². The van der Waals surface area contributed by atoms with Gasteiger partial charge in [-0.15, -0.1) is 0 Å². The molecule has 0 bridgehead atoms. The zero-order valence-electron chi connectivity index (χ0n) is 13.4. The average Bonchev–Trinajstić information content (AvgIpc) is 2.56. The Bertz CT molecular complexity index is 602. The van der Waals surface area contributed by atoms with Crippen LogP contribution in [-0.4, -0.2) is 43.7 Å². The highest BCUT2D eigenvalue weighted by Crippen LogP contribution is 2.28. The van der Waals surface area contributed by atoms with Crippen molar-refractivity contribution >= 4 is 23.3 Å². The number of rotatable bonds is 5. The number of halogens is 1. The van der Waals surface area contributed by atoms with E-state index in [2.05, 4.69) is 22.1 Å². The van der Waals surface area contributed by atoms with E-state index in [4.69, 9.17) is 21.6 Å². The Labute approximate surface area is 141 Å². The molecule has 1 aliphatic heterocycles. The highest BCUT2D eigenvalue weighted by Gasteiger charge is 2.30. The molecule has 23 heavy (non-hydrogen) atoms. The van der Waals surface area contributed by atoms with E-state index in [-0.39, 0.29) is 23.6 Å². The molecule has 7 heteroatoms. The van der Waals surface area contributed by atoms with Crippen LogP contribution in [0.3, 0.4) is 0 Å². The monoisotopic (exact) mass is 336 g/mol. The van der Waals surface area contributed by atoms with Crippen LogP contribution in [0.5, 0.6) is 0 Å². The van der Waals surface area contributed by atoms with Crippen LogP contribution >= 0.6 is 11.6 Å². The van der Waals surface area contributed by atoms with E-state index in [1.165, 1.54) is 0 Å². The van der Waals surface area contributed by atoms with Crippen molar-refractivity contribution < 1.29 is 9.53 Å². The van der Waals surface area contributed by atoms with Gasteiger partial charge in [0.05, 0.1) is 17.5 Å². The minimum absolute atomic E-state index is 0.0356. The second-order valence-electron chi connectivity index (χ2n) is 5.67. The summed E-state index contributed by atoms with van der Waals surface area (Å²) in [4.78, 5) is 18.6. The van der Waals surface area contributed by atoms with Crippen molar-refractivity contribution in [1.82, 2.24) is 10.3 Å². The zero-order chi connectivity index (χ0) is 16.8. The van der Waals surface area contributed by atoms with Crippen LogP contribution in [0, 0.1) is 17.2 Å². The van der Waals surface area contributed by atoms with Gasteiger partial charge >= 0.3 is 0 Å². The average molecular weight is 337 g/mol. The fraction of sp³-hybridized carbons (Fsp3) is 0.562. The number of amides is 1. The zero-order valence-corrected chi connectivity index (χ0v) is 14.1. The largest absolute Gasteiger partial charge is 0.383 e. The smallest absolute Gasteiger partial charge is 0.224 e. The number of nitrogens with one attached hydrogen (secondary N) is 1. The number of hydrogen-bond donors (Lipinski definition) is 1. The van der Waals surface area contributed by atoms with Gasteiger partial charge < -0.3 is 15.0 Å². The van der Waals surface area contributed by atoms with Gasteiger partial charge in [-0.3, -0.25) is 4.79 Å². The normalized spacial score (nSPS) is 20.9. The van der Waals surface area contributed by atoms with Crippen molar-refractivity contribution in [3.63, 3.8) is 0 Å². The summed E-state index contributed by atoms with van der Waals surface area (Å²) in [6, 6.07) is 5.73. The molecule has 0 aliphatic carbocycles. The summed E-state index contributed by atoms with van der Waals surface area (Å²) in [6.07, 6.45) is 1.74. The number of carbonyl (C=O) groups excluding carboxylic acids is 1. The maximum atomic E-state index is 12.2. The Hall–Kier alpha value is -1.84. The predicted octanol–water partition coefficient (Wildman–Crippen LogP) is 1.97. The van der Waals surface area contributed by atoms with E-state index in [9.17, 15) is 4.79 Å². The number of aromatic nitrogens is 1. The van der Waals surface area contributed by atoms with E-state index >= 15 is 0 Å². The summed E-state index contributed by atoms with van der Waals surface area (Å²) in [5.74, 6) is 0.632. The number of ether oxygens (including phenoxy) is 1. The first-order chi connectivity index (χ1) is 11.1. The van der Waals surface area contributed by atoms with E-state index in [0.29, 0.717) is 30.5 Å². The molecule has 1 aromatic heterocycles. The van der Waals surface area contributed by atoms with Gasteiger partial charge in [-0.25, -0.2) is 4.98 Å². The van der Waals surface area contributed by atoms with Crippen molar-refractivity contribution in [2.24, 2.45) is 5.92 Å². The molecule has 2 atom stereocenters. The third-order valence-corrected chi connectivity index (χ3v) is 4.39. The first-order valence-corrected chi connectivity index (χ1v) is 8.04. The van der Waals surface area contributed by atoms with Gasteiger partial charge in [0.1, 0.15) is 11.9 Å². The molecular weight excluding hydrogens is 316 g/mol. The van der Waals surface area contributed by atoms with Crippen molar-refractivity contribution in [3.8, 4) is 6.07 Å². The van der Waals surface area contributed by atoms with E-state index in [1.807, 2.05) is 6.07 Å². The highest BCUT2D eigenvalue weighted by molar-refractivity contribution is 6.31. The summed E-state index contributed by atoms with van der Waals surface area (Å²) in [7, 11) is 1.61. The molecule has 1 N–H and O–H groups in total. The Morgan fingerprint density at radius 2 is 2.35 bits per heavy atom. The van der Waals surface area contributed by atoms with Crippen LogP contribution in [0.4, 0.5) is 5.82 Å².